The number of carbonyl (C=O) groups excluding carboxylic acids is 1. The third kappa shape index (κ3) is 4.41. The van der Waals surface area contributed by atoms with Crippen LogP contribution in [-0.4, -0.2) is 46.8 Å². The van der Waals surface area contributed by atoms with Crippen LogP contribution in [0.15, 0.2) is 58.5 Å². The van der Waals surface area contributed by atoms with Crippen molar-refractivity contribution < 1.29 is 9.53 Å². The number of rotatable bonds is 7. The molecule has 0 aliphatic heterocycles. The molecule has 0 radical (unpaired) electrons. The van der Waals surface area contributed by atoms with Gasteiger partial charge in [0.15, 0.2) is 5.16 Å². The molecule has 0 atom stereocenters. The molecule has 3 rings (SSSR count). The SMILES string of the molecule is COc1ccccc1-n1c(SCC(=O)N(C)CCC#N)nc2ccccc2c1=O. The summed E-state index contributed by atoms with van der Waals surface area (Å²) in [6.07, 6.45) is 0.271. The van der Waals surface area contributed by atoms with E-state index in [0.29, 0.717) is 34.0 Å². The first-order chi connectivity index (χ1) is 14.1. The highest BCUT2D eigenvalue weighted by molar-refractivity contribution is 7.99. The van der Waals surface area contributed by atoms with E-state index in [1.807, 2.05) is 24.3 Å². The lowest BCUT2D eigenvalue weighted by Crippen LogP contribution is -2.29. The summed E-state index contributed by atoms with van der Waals surface area (Å²) in [6.45, 7) is 0.361. The zero-order chi connectivity index (χ0) is 20.8. The number of benzene rings is 2. The second-order valence-electron chi connectivity index (χ2n) is 6.24. The summed E-state index contributed by atoms with van der Waals surface area (Å²) >= 11 is 1.18. The van der Waals surface area contributed by atoms with Gasteiger partial charge < -0.3 is 9.64 Å². The minimum Gasteiger partial charge on any atom is -0.495 e. The largest absolute Gasteiger partial charge is 0.495 e. The number of aromatic nitrogens is 2. The third-order valence-corrected chi connectivity index (χ3v) is 5.30. The maximum Gasteiger partial charge on any atom is 0.266 e. The first-order valence-corrected chi connectivity index (χ1v) is 9.94. The maximum atomic E-state index is 13.3. The molecule has 1 aromatic heterocycles. The third-order valence-electron chi connectivity index (χ3n) is 4.38. The summed E-state index contributed by atoms with van der Waals surface area (Å²) in [6, 6.07) is 16.3. The molecule has 1 amide bonds. The number of hydrogen-bond donors (Lipinski definition) is 0. The number of para-hydroxylation sites is 3. The normalized spacial score (nSPS) is 10.5. The van der Waals surface area contributed by atoms with Gasteiger partial charge in [-0.05, 0) is 24.3 Å². The van der Waals surface area contributed by atoms with Crippen LogP contribution < -0.4 is 10.3 Å². The first-order valence-electron chi connectivity index (χ1n) is 8.95. The van der Waals surface area contributed by atoms with Gasteiger partial charge in [-0.25, -0.2) is 4.98 Å². The first kappa shape index (κ1) is 20.4. The van der Waals surface area contributed by atoms with E-state index in [9.17, 15) is 9.59 Å². The van der Waals surface area contributed by atoms with Gasteiger partial charge in [-0.15, -0.1) is 0 Å². The van der Waals surface area contributed by atoms with Gasteiger partial charge in [-0.1, -0.05) is 36.0 Å². The molecule has 3 aromatic rings. The summed E-state index contributed by atoms with van der Waals surface area (Å²) in [5.74, 6) is 0.493. The minimum absolute atomic E-state index is 0.0991. The Labute approximate surface area is 172 Å². The molecule has 1 heterocycles. The van der Waals surface area contributed by atoms with Crippen molar-refractivity contribution >= 4 is 28.6 Å². The molecule has 0 bridgehead atoms. The van der Waals surface area contributed by atoms with Crippen LogP contribution in [0.4, 0.5) is 0 Å². The Hall–Kier alpha value is -3.31. The van der Waals surface area contributed by atoms with E-state index in [0.717, 1.165) is 0 Å². The van der Waals surface area contributed by atoms with Crippen molar-refractivity contribution in [1.29, 1.82) is 5.26 Å². The van der Waals surface area contributed by atoms with Gasteiger partial charge in [-0.3, -0.25) is 14.2 Å². The average Bonchev–Trinajstić information content (AvgIpc) is 2.76. The van der Waals surface area contributed by atoms with Gasteiger partial charge in [0.1, 0.15) is 5.75 Å². The molecule has 0 saturated carbocycles. The second kappa shape index (κ2) is 9.26. The van der Waals surface area contributed by atoms with Gasteiger partial charge in [-0.2, -0.15) is 5.26 Å². The fourth-order valence-electron chi connectivity index (χ4n) is 2.82. The van der Waals surface area contributed by atoms with Gasteiger partial charge >= 0.3 is 0 Å². The summed E-state index contributed by atoms with van der Waals surface area (Å²) in [5, 5.41) is 9.58. The van der Waals surface area contributed by atoms with Crippen LogP contribution in [0.25, 0.3) is 16.6 Å². The maximum absolute atomic E-state index is 13.3. The summed E-state index contributed by atoms with van der Waals surface area (Å²) < 4.78 is 6.91. The van der Waals surface area contributed by atoms with E-state index in [1.165, 1.54) is 21.2 Å². The number of nitriles is 1. The fraction of sp³-hybridized carbons (Fsp3) is 0.238. The van der Waals surface area contributed by atoms with Crippen LogP contribution in [0.3, 0.4) is 0 Å². The highest BCUT2D eigenvalue weighted by atomic mass is 32.2. The zero-order valence-electron chi connectivity index (χ0n) is 16.2. The Morgan fingerprint density at radius 1 is 1.24 bits per heavy atom. The second-order valence-corrected chi connectivity index (χ2v) is 7.18. The molecule has 0 saturated heterocycles. The van der Waals surface area contributed by atoms with Crippen molar-refractivity contribution in [2.24, 2.45) is 0 Å². The number of thioether (sulfide) groups is 1. The smallest absolute Gasteiger partial charge is 0.266 e. The van der Waals surface area contributed by atoms with Crippen LogP contribution in [0.2, 0.25) is 0 Å². The van der Waals surface area contributed by atoms with Gasteiger partial charge in [0, 0.05) is 13.6 Å². The number of amides is 1. The molecule has 8 heteroatoms. The van der Waals surface area contributed by atoms with Gasteiger partial charge in [0.2, 0.25) is 5.91 Å². The lowest BCUT2D eigenvalue weighted by Gasteiger charge is -2.17. The number of ether oxygens (including phenoxy) is 1. The van der Waals surface area contributed by atoms with Crippen LogP contribution in [0.5, 0.6) is 5.75 Å². The predicted octanol–water partition coefficient (Wildman–Crippen LogP) is 2.86. The van der Waals surface area contributed by atoms with E-state index in [1.54, 1.807) is 44.5 Å². The van der Waals surface area contributed by atoms with Crippen LogP contribution in [0.1, 0.15) is 6.42 Å². The van der Waals surface area contributed by atoms with Crippen LogP contribution >= 0.6 is 11.8 Å². The summed E-state index contributed by atoms with van der Waals surface area (Å²) in [5.41, 5.74) is 0.898. The summed E-state index contributed by atoms with van der Waals surface area (Å²) in [7, 11) is 3.19. The zero-order valence-corrected chi connectivity index (χ0v) is 17.0. The predicted molar refractivity (Wildman–Crippen MR) is 112 cm³/mol. The number of hydrogen-bond acceptors (Lipinski definition) is 6. The molecule has 0 spiro atoms. The van der Waals surface area contributed by atoms with E-state index in [-0.39, 0.29) is 23.6 Å². The molecule has 148 valence electrons. The lowest BCUT2D eigenvalue weighted by atomic mass is 10.2. The van der Waals surface area contributed by atoms with Gasteiger partial charge in [0.25, 0.3) is 5.56 Å². The summed E-state index contributed by atoms with van der Waals surface area (Å²) in [4.78, 5) is 31.8. The quantitative estimate of drug-likeness (QED) is 0.441. The molecule has 0 fully saturated rings. The molecule has 2 aromatic carbocycles. The molecule has 0 N–H and O–H groups in total. The van der Waals surface area contributed by atoms with Crippen LogP contribution in [0, 0.1) is 11.3 Å². The van der Waals surface area contributed by atoms with E-state index >= 15 is 0 Å². The average molecular weight is 408 g/mol. The van der Waals surface area contributed by atoms with Crippen molar-refractivity contribution in [1.82, 2.24) is 14.5 Å². The van der Waals surface area contributed by atoms with E-state index in [4.69, 9.17) is 10.00 Å². The van der Waals surface area contributed by atoms with E-state index < -0.39 is 0 Å². The molecular formula is C21H20N4O3S. The van der Waals surface area contributed by atoms with E-state index in [2.05, 4.69) is 4.98 Å². The van der Waals surface area contributed by atoms with Gasteiger partial charge in [0.05, 0.1) is 41.9 Å². The van der Waals surface area contributed by atoms with Crippen molar-refractivity contribution in [3.05, 3.63) is 58.9 Å². The van der Waals surface area contributed by atoms with Crippen molar-refractivity contribution in [2.45, 2.75) is 11.6 Å². The Morgan fingerprint density at radius 2 is 1.97 bits per heavy atom. The van der Waals surface area contributed by atoms with Crippen molar-refractivity contribution in [3.63, 3.8) is 0 Å². The number of fused-ring (bicyclic) bond motifs is 1. The molecule has 0 aliphatic carbocycles. The Balaban J connectivity index is 2.05. The Bertz CT molecular complexity index is 1140. The topological polar surface area (TPSA) is 88.2 Å². The minimum atomic E-state index is -0.229. The Kier molecular flexibility index (Phi) is 6.52. The Morgan fingerprint density at radius 3 is 2.72 bits per heavy atom. The van der Waals surface area contributed by atoms with Crippen LogP contribution in [-0.2, 0) is 4.79 Å². The highest BCUT2D eigenvalue weighted by Gasteiger charge is 2.18. The molecule has 0 aliphatic rings. The molecule has 7 nitrogen and oxygen atoms in total. The molecule has 29 heavy (non-hydrogen) atoms. The van der Waals surface area contributed by atoms with Crippen molar-refractivity contribution in [3.8, 4) is 17.5 Å². The number of nitrogens with zero attached hydrogens (tertiary/aromatic N) is 4. The lowest BCUT2D eigenvalue weighted by molar-refractivity contribution is -0.127. The monoisotopic (exact) mass is 408 g/mol. The molecule has 0 unspecified atom stereocenters. The highest BCUT2D eigenvalue weighted by Crippen LogP contribution is 2.27. The standard InChI is InChI=1S/C21H20N4O3S/c1-24(13-7-12-22)19(26)14-29-21-23-16-9-4-3-8-15(16)20(27)25(21)17-10-5-6-11-18(17)28-2/h3-6,8-11H,7,13-14H2,1-2H3. The molecular weight excluding hydrogens is 388 g/mol. The number of carbonyl (C=O) groups is 1. The number of methoxy groups -OCH3 is 1. The van der Waals surface area contributed by atoms with Crippen molar-refractivity contribution in [2.75, 3.05) is 26.5 Å². The fourth-order valence-corrected chi connectivity index (χ4v) is 3.76.